The third kappa shape index (κ3) is 1.85. The Morgan fingerprint density at radius 3 is 2.81 bits per heavy atom. The number of H-pyrrole nitrogens is 1. The average molecular weight is 220 g/mol. The summed E-state index contributed by atoms with van der Waals surface area (Å²) in [6.07, 6.45) is 0. The molecule has 0 spiro atoms. The van der Waals surface area contributed by atoms with Crippen LogP contribution in [0.2, 0.25) is 0 Å². The number of Topliss-reactive ketones (excluding diaryl/α,β-unsaturated/α-hetero) is 1. The van der Waals surface area contributed by atoms with E-state index in [1.54, 1.807) is 12.1 Å². The number of fused-ring (bicyclic) bond motifs is 1. The first-order valence-corrected chi connectivity index (χ1v) is 4.51. The fourth-order valence-electron chi connectivity index (χ4n) is 1.24. The van der Waals surface area contributed by atoms with Crippen LogP contribution in [0.4, 0.5) is 5.69 Å². The molecule has 0 atom stereocenters. The van der Waals surface area contributed by atoms with Crippen molar-refractivity contribution in [2.45, 2.75) is 6.92 Å². The van der Waals surface area contributed by atoms with Gasteiger partial charge in [0.05, 0.1) is 5.52 Å². The van der Waals surface area contributed by atoms with Gasteiger partial charge in [-0.25, -0.2) is 4.79 Å². The summed E-state index contributed by atoms with van der Waals surface area (Å²) in [5.74, 6) is -1.86. The van der Waals surface area contributed by atoms with Crippen molar-refractivity contribution in [1.82, 2.24) is 4.98 Å². The molecule has 1 heterocycles. The fourth-order valence-corrected chi connectivity index (χ4v) is 1.24. The van der Waals surface area contributed by atoms with Gasteiger partial charge < -0.3 is 9.73 Å². The summed E-state index contributed by atoms with van der Waals surface area (Å²) in [7, 11) is 0. The highest BCUT2D eigenvalue weighted by Crippen LogP contribution is 2.16. The lowest BCUT2D eigenvalue weighted by Gasteiger charge is -2.01. The second kappa shape index (κ2) is 3.65. The maximum Gasteiger partial charge on any atom is 0.417 e. The second-order valence-electron chi connectivity index (χ2n) is 3.24. The summed E-state index contributed by atoms with van der Waals surface area (Å²) in [4.78, 5) is 35.1. The topological polar surface area (TPSA) is 92.2 Å². The maximum atomic E-state index is 11.1. The molecular formula is C10H8N2O4. The van der Waals surface area contributed by atoms with Crippen molar-refractivity contribution >= 4 is 28.5 Å². The number of aromatic nitrogens is 1. The number of benzene rings is 1. The van der Waals surface area contributed by atoms with Crippen LogP contribution in [-0.4, -0.2) is 16.7 Å². The Morgan fingerprint density at radius 1 is 1.38 bits per heavy atom. The zero-order valence-electron chi connectivity index (χ0n) is 8.37. The number of anilines is 1. The molecule has 0 unspecified atom stereocenters. The molecule has 6 heteroatoms. The molecule has 2 N–H and O–H groups in total. The number of rotatable bonds is 2. The molecule has 0 aliphatic heterocycles. The van der Waals surface area contributed by atoms with Gasteiger partial charge in [-0.2, -0.15) is 0 Å². The largest absolute Gasteiger partial charge is 0.417 e. The molecule has 0 fully saturated rings. The van der Waals surface area contributed by atoms with E-state index in [0.717, 1.165) is 0 Å². The van der Waals surface area contributed by atoms with Gasteiger partial charge in [0, 0.05) is 18.7 Å². The van der Waals surface area contributed by atoms with Crippen LogP contribution in [0.25, 0.3) is 11.1 Å². The minimum Gasteiger partial charge on any atom is -0.408 e. The molecule has 6 nitrogen and oxygen atoms in total. The quantitative estimate of drug-likeness (QED) is 0.726. The Balaban J connectivity index is 2.36. The van der Waals surface area contributed by atoms with Crippen LogP contribution in [0.15, 0.2) is 27.4 Å². The van der Waals surface area contributed by atoms with Crippen LogP contribution in [0.5, 0.6) is 0 Å². The molecule has 2 rings (SSSR count). The number of carbonyl (C=O) groups excluding carboxylic acids is 2. The number of carbonyl (C=O) groups is 2. The SMILES string of the molecule is CC(=O)C(=O)Nc1ccc2[nH]c(=O)oc2c1. The third-order valence-electron chi connectivity index (χ3n) is 2.00. The number of ketones is 1. The van der Waals surface area contributed by atoms with Crippen molar-refractivity contribution in [3.05, 3.63) is 28.7 Å². The Kier molecular flexibility index (Phi) is 2.32. The lowest BCUT2D eigenvalue weighted by molar-refractivity contribution is -0.133. The van der Waals surface area contributed by atoms with E-state index >= 15 is 0 Å². The molecule has 1 amide bonds. The van der Waals surface area contributed by atoms with E-state index in [9.17, 15) is 14.4 Å². The first-order valence-electron chi connectivity index (χ1n) is 4.51. The van der Waals surface area contributed by atoms with Crippen molar-refractivity contribution in [2.24, 2.45) is 0 Å². The first kappa shape index (κ1) is 10.2. The summed E-state index contributed by atoms with van der Waals surface area (Å²) in [6, 6.07) is 4.61. The maximum absolute atomic E-state index is 11.1. The van der Waals surface area contributed by atoms with Crippen LogP contribution in [0.1, 0.15) is 6.92 Å². The van der Waals surface area contributed by atoms with Gasteiger partial charge in [-0.05, 0) is 12.1 Å². The second-order valence-corrected chi connectivity index (χ2v) is 3.24. The molecule has 0 aliphatic rings. The standard InChI is InChI=1S/C10H8N2O4/c1-5(13)9(14)11-6-2-3-7-8(4-6)16-10(15)12-7/h2-4H,1H3,(H,11,14)(H,12,15). The van der Waals surface area contributed by atoms with Crippen molar-refractivity contribution in [3.63, 3.8) is 0 Å². The highest BCUT2D eigenvalue weighted by Gasteiger charge is 2.08. The van der Waals surface area contributed by atoms with Gasteiger partial charge in [0.15, 0.2) is 5.58 Å². The summed E-state index contributed by atoms with van der Waals surface area (Å²) in [6.45, 7) is 1.17. The van der Waals surface area contributed by atoms with Gasteiger partial charge in [0.2, 0.25) is 5.78 Å². The number of aromatic amines is 1. The predicted molar refractivity (Wildman–Crippen MR) is 56.1 cm³/mol. The fraction of sp³-hybridized carbons (Fsp3) is 0.100. The molecule has 82 valence electrons. The molecule has 2 aromatic rings. The van der Waals surface area contributed by atoms with Crippen LogP contribution in [-0.2, 0) is 9.59 Å². The zero-order valence-corrected chi connectivity index (χ0v) is 8.37. The van der Waals surface area contributed by atoms with E-state index < -0.39 is 17.4 Å². The minimum atomic E-state index is -0.711. The summed E-state index contributed by atoms with van der Waals surface area (Å²) in [5.41, 5.74) is 1.26. The third-order valence-corrected chi connectivity index (χ3v) is 2.00. The van der Waals surface area contributed by atoms with Gasteiger partial charge in [0.1, 0.15) is 0 Å². The molecule has 1 aromatic heterocycles. The van der Waals surface area contributed by atoms with Crippen LogP contribution >= 0.6 is 0 Å². The van der Waals surface area contributed by atoms with E-state index in [1.165, 1.54) is 13.0 Å². The van der Waals surface area contributed by atoms with Gasteiger partial charge in [0.25, 0.3) is 5.91 Å². The zero-order chi connectivity index (χ0) is 11.7. The van der Waals surface area contributed by atoms with E-state index in [0.29, 0.717) is 16.8 Å². The smallest absolute Gasteiger partial charge is 0.408 e. The van der Waals surface area contributed by atoms with Crippen LogP contribution < -0.4 is 11.1 Å². The number of oxazole rings is 1. The first-order chi connectivity index (χ1) is 7.56. The molecule has 1 aromatic carbocycles. The number of amides is 1. The lowest BCUT2D eigenvalue weighted by Crippen LogP contribution is -2.19. The number of hydrogen-bond acceptors (Lipinski definition) is 4. The van der Waals surface area contributed by atoms with Crippen molar-refractivity contribution in [2.75, 3.05) is 5.32 Å². The van der Waals surface area contributed by atoms with Gasteiger partial charge >= 0.3 is 5.76 Å². The van der Waals surface area contributed by atoms with E-state index in [4.69, 9.17) is 4.42 Å². The van der Waals surface area contributed by atoms with Crippen molar-refractivity contribution in [1.29, 1.82) is 0 Å². The molecular weight excluding hydrogens is 212 g/mol. The van der Waals surface area contributed by atoms with Crippen LogP contribution in [0.3, 0.4) is 0 Å². The average Bonchev–Trinajstić information content (AvgIpc) is 2.57. The van der Waals surface area contributed by atoms with Gasteiger partial charge in [-0.3, -0.25) is 14.6 Å². The molecule has 0 aliphatic carbocycles. The predicted octanol–water partition coefficient (Wildman–Crippen LogP) is 0.649. The number of nitrogens with one attached hydrogen (secondary N) is 2. The Hall–Kier alpha value is -2.37. The number of hydrogen-bond donors (Lipinski definition) is 2. The Morgan fingerprint density at radius 2 is 2.12 bits per heavy atom. The van der Waals surface area contributed by atoms with Crippen LogP contribution in [0, 0.1) is 0 Å². The van der Waals surface area contributed by atoms with E-state index in [1.807, 2.05) is 0 Å². The lowest BCUT2D eigenvalue weighted by atomic mass is 10.3. The van der Waals surface area contributed by atoms with Gasteiger partial charge in [-0.15, -0.1) is 0 Å². The molecule has 0 saturated carbocycles. The highest BCUT2D eigenvalue weighted by molar-refractivity contribution is 6.39. The van der Waals surface area contributed by atoms with Gasteiger partial charge in [-0.1, -0.05) is 0 Å². The molecule has 0 saturated heterocycles. The summed E-state index contributed by atoms with van der Waals surface area (Å²) >= 11 is 0. The van der Waals surface area contributed by atoms with E-state index in [2.05, 4.69) is 10.3 Å². The molecule has 16 heavy (non-hydrogen) atoms. The summed E-state index contributed by atoms with van der Waals surface area (Å²) in [5, 5.41) is 2.38. The highest BCUT2D eigenvalue weighted by atomic mass is 16.4. The van der Waals surface area contributed by atoms with Crippen molar-refractivity contribution < 1.29 is 14.0 Å². The van der Waals surface area contributed by atoms with Crippen molar-refractivity contribution in [3.8, 4) is 0 Å². The monoisotopic (exact) mass is 220 g/mol. The Labute approximate surface area is 89.3 Å². The van der Waals surface area contributed by atoms with E-state index in [-0.39, 0.29) is 0 Å². The normalized spacial score (nSPS) is 10.3. The Bertz CT molecular complexity index is 623. The summed E-state index contributed by atoms with van der Waals surface area (Å²) < 4.78 is 4.80. The minimum absolute atomic E-state index is 0.325. The molecule has 0 radical (unpaired) electrons. The molecule has 0 bridgehead atoms.